The fraction of sp³-hybridized carbons (Fsp3) is 0.147. The molecule has 0 saturated carbocycles. The number of rotatable bonds is 8. The van der Waals surface area contributed by atoms with Crippen LogP contribution in [0.5, 0.6) is 0 Å². The fourth-order valence-electron chi connectivity index (χ4n) is 12.7. The van der Waals surface area contributed by atoms with Crippen molar-refractivity contribution in [1.29, 1.82) is 0 Å². The predicted octanol–water partition coefficient (Wildman–Crippen LogP) is 14.3. The van der Waals surface area contributed by atoms with Crippen LogP contribution in [0, 0.1) is 13.8 Å². The molecule has 0 unspecified atom stereocenters. The third kappa shape index (κ3) is 6.95. The van der Waals surface area contributed by atoms with Crippen molar-refractivity contribution >= 4 is 66.9 Å². The Balaban J connectivity index is 0.000000152. The van der Waals surface area contributed by atoms with Gasteiger partial charge in [-0.1, -0.05) is 146 Å². The maximum atomic E-state index is 14.2. The van der Waals surface area contributed by atoms with E-state index in [0.29, 0.717) is 11.1 Å². The van der Waals surface area contributed by atoms with Crippen LogP contribution in [0.15, 0.2) is 194 Å². The maximum absolute atomic E-state index is 14.2. The van der Waals surface area contributed by atoms with Gasteiger partial charge in [-0.2, -0.15) is 0 Å². The second kappa shape index (κ2) is 18.1. The molecule has 12 aromatic rings. The number of cyclic esters (lactones) is 2. The SMILES string of the molecule is CN(C)c1ccc2c(c1)C(=O)OC2(c1c(-c2ccccc2)[nH]c2ccccc12)c1c(-c2ccccc2)[nH]c2ccccc12.Cc1c(C2(c3c(C)n(C)c4ccccc34)OC(=O)c3cc(N(C)C)ccc32)c2ccccc2n1C. The van der Waals surface area contributed by atoms with Crippen LogP contribution in [-0.4, -0.2) is 59.2 Å². The van der Waals surface area contributed by atoms with E-state index in [0.717, 1.165) is 122 Å². The van der Waals surface area contributed by atoms with Gasteiger partial charge in [-0.3, -0.25) is 0 Å². The number of hydrogen-bond donors (Lipinski definition) is 2. The molecule has 2 aliphatic rings. The molecule has 4 aromatic heterocycles. The molecule has 10 nitrogen and oxygen atoms in total. The first-order chi connectivity index (χ1) is 37.8. The highest BCUT2D eigenvalue weighted by Crippen LogP contribution is 2.57. The molecule has 2 N–H and O–H groups in total. The Hall–Kier alpha value is -9.54. The fourth-order valence-corrected chi connectivity index (χ4v) is 12.7. The molecule has 2 aliphatic heterocycles. The molecule has 78 heavy (non-hydrogen) atoms. The van der Waals surface area contributed by atoms with Gasteiger partial charge in [0.2, 0.25) is 0 Å². The average molecular weight is 1020 g/mol. The Bertz CT molecular complexity index is 4180. The summed E-state index contributed by atoms with van der Waals surface area (Å²) in [4.78, 5) is 39.3. The largest absolute Gasteiger partial charge is 0.440 e. The third-order valence-corrected chi connectivity index (χ3v) is 16.5. The smallest absolute Gasteiger partial charge is 0.340 e. The predicted molar refractivity (Wildman–Crippen MR) is 315 cm³/mol. The van der Waals surface area contributed by atoms with Crippen molar-refractivity contribution in [2.75, 3.05) is 38.0 Å². The van der Waals surface area contributed by atoms with Crippen molar-refractivity contribution in [3.8, 4) is 22.5 Å². The van der Waals surface area contributed by atoms with Crippen molar-refractivity contribution < 1.29 is 19.1 Å². The second-order valence-electron chi connectivity index (χ2n) is 21.0. The highest BCUT2D eigenvalue weighted by atomic mass is 16.6. The summed E-state index contributed by atoms with van der Waals surface area (Å²) in [5.74, 6) is -0.629. The van der Waals surface area contributed by atoms with Crippen molar-refractivity contribution in [3.05, 3.63) is 250 Å². The second-order valence-corrected chi connectivity index (χ2v) is 21.0. The summed E-state index contributed by atoms with van der Waals surface area (Å²) in [7, 11) is 12.1. The number of carbonyl (C=O) groups excluding carboxylic acids is 2. The third-order valence-electron chi connectivity index (χ3n) is 16.5. The molecule has 10 heteroatoms. The van der Waals surface area contributed by atoms with Crippen LogP contribution in [0.1, 0.15) is 65.5 Å². The van der Waals surface area contributed by atoms with E-state index < -0.39 is 11.2 Å². The normalized spacial score (nSPS) is 14.1. The Morgan fingerprint density at radius 1 is 0.410 bits per heavy atom. The van der Waals surface area contributed by atoms with E-state index in [1.54, 1.807) is 0 Å². The summed E-state index contributed by atoms with van der Waals surface area (Å²) in [6.45, 7) is 4.25. The lowest BCUT2D eigenvalue weighted by molar-refractivity contribution is 0.0249. The number of hydrogen-bond acceptors (Lipinski definition) is 6. The molecule has 0 aliphatic carbocycles. The number of esters is 2. The number of H-pyrrole nitrogens is 2. The lowest BCUT2D eigenvalue weighted by Crippen LogP contribution is -2.31. The van der Waals surface area contributed by atoms with Crippen molar-refractivity contribution in [3.63, 3.8) is 0 Å². The Kier molecular flexibility index (Phi) is 11.1. The number of benzene rings is 8. The van der Waals surface area contributed by atoms with E-state index in [2.05, 4.69) is 168 Å². The van der Waals surface area contributed by atoms with Gasteiger partial charge in [0.05, 0.1) is 22.5 Å². The van der Waals surface area contributed by atoms with Crippen LogP contribution in [-0.2, 0) is 34.8 Å². The van der Waals surface area contributed by atoms with Gasteiger partial charge >= 0.3 is 11.9 Å². The Morgan fingerprint density at radius 3 is 1.15 bits per heavy atom. The highest BCUT2D eigenvalue weighted by molar-refractivity contribution is 6.06. The molecule has 8 aromatic carbocycles. The zero-order valence-electron chi connectivity index (χ0n) is 44.9. The molecular weight excluding hydrogens is 965 g/mol. The van der Waals surface area contributed by atoms with Crippen LogP contribution in [0.3, 0.4) is 0 Å². The van der Waals surface area contributed by atoms with E-state index in [-0.39, 0.29) is 11.9 Å². The minimum atomic E-state index is -1.26. The van der Waals surface area contributed by atoms with Crippen LogP contribution < -0.4 is 9.80 Å². The number of para-hydroxylation sites is 4. The van der Waals surface area contributed by atoms with Gasteiger partial charge in [-0.25, -0.2) is 9.59 Å². The molecule has 0 atom stereocenters. The van der Waals surface area contributed by atoms with Gasteiger partial charge in [0.1, 0.15) is 0 Å². The topological polar surface area (TPSA) is 101 Å². The van der Waals surface area contributed by atoms with E-state index in [4.69, 9.17) is 9.47 Å². The number of ether oxygens (including phenoxy) is 2. The van der Waals surface area contributed by atoms with E-state index >= 15 is 0 Å². The van der Waals surface area contributed by atoms with Gasteiger partial charge in [-0.05, 0) is 73.5 Å². The van der Waals surface area contributed by atoms with Crippen LogP contribution in [0.2, 0.25) is 0 Å². The first kappa shape index (κ1) is 48.1. The van der Waals surface area contributed by atoms with Crippen LogP contribution in [0.25, 0.3) is 66.1 Å². The highest BCUT2D eigenvalue weighted by Gasteiger charge is 2.55. The van der Waals surface area contributed by atoms with Crippen molar-refractivity contribution in [2.45, 2.75) is 25.0 Å². The molecule has 6 heterocycles. The summed E-state index contributed by atoms with van der Waals surface area (Å²) >= 11 is 0. The number of nitrogens with zero attached hydrogens (tertiary/aromatic N) is 4. The first-order valence-corrected chi connectivity index (χ1v) is 26.4. The van der Waals surface area contributed by atoms with E-state index in [1.165, 1.54) is 0 Å². The quantitative estimate of drug-likeness (QED) is 0.147. The van der Waals surface area contributed by atoms with Gasteiger partial charge in [0, 0.05) is 142 Å². The summed E-state index contributed by atoms with van der Waals surface area (Å²) < 4.78 is 17.9. The van der Waals surface area contributed by atoms with Crippen LogP contribution >= 0.6 is 0 Å². The number of aryl methyl sites for hydroxylation is 2. The molecule has 0 bridgehead atoms. The summed E-state index contributed by atoms with van der Waals surface area (Å²) in [6.07, 6.45) is 0. The van der Waals surface area contributed by atoms with Gasteiger partial charge in [-0.15, -0.1) is 0 Å². The minimum Gasteiger partial charge on any atom is -0.440 e. The summed E-state index contributed by atoms with van der Waals surface area (Å²) in [5.41, 5.74) is 16.6. The molecule has 0 amide bonds. The number of aromatic amines is 2. The molecule has 0 saturated heterocycles. The number of carbonyl (C=O) groups is 2. The molecule has 0 radical (unpaired) electrons. The van der Waals surface area contributed by atoms with Crippen molar-refractivity contribution in [2.24, 2.45) is 14.1 Å². The Morgan fingerprint density at radius 2 is 0.756 bits per heavy atom. The van der Waals surface area contributed by atoms with Gasteiger partial charge < -0.3 is 38.4 Å². The first-order valence-electron chi connectivity index (χ1n) is 26.4. The lowest BCUT2D eigenvalue weighted by Gasteiger charge is -2.32. The molecular formula is C68H58N6O4. The number of anilines is 2. The zero-order chi connectivity index (χ0) is 53.8. The van der Waals surface area contributed by atoms with Crippen LogP contribution in [0.4, 0.5) is 11.4 Å². The van der Waals surface area contributed by atoms with Gasteiger partial charge in [0.25, 0.3) is 0 Å². The number of aromatic nitrogens is 4. The Labute approximate surface area is 452 Å². The summed E-state index contributed by atoms with van der Waals surface area (Å²) in [6, 6.07) is 66.1. The molecule has 14 rings (SSSR count). The number of fused-ring (bicyclic) bond motifs is 6. The molecule has 0 fully saturated rings. The zero-order valence-corrected chi connectivity index (χ0v) is 44.9. The number of nitrogens with one attached hydrogen (secondary N) is 2. The molecule has 384 valence electrons. The maximum Gasteiger partial charge on any atom is 0.340 e. The van der Waals surface area contributed by atoms with E-state index in [1.807, 2.05) is 111 Å². The summed E-state index contributed by atoms with van der Waals surface area (Å²) in [5, 5.41) is 4.19. The standard InChI is InChI=1S/C38H29N3O2.C30H29N3O2/c1-41(2)26-21-22-30-29(23-26)37(42)43-38(30,33-27-17-9-11-19-31(27)39-35(33)24-13-5-3-6-14-24)34-28-18-10-12-20-32(28)40-36(34)25-15-7-4-8-16-25;1-18-27(21-11-7-9-13-25(21)32(18)5)30(28-19(2)33(6)26-14-10-8-12-22(26)28)24-16-15-20(31(3)4)17-23(24)29(34)35-30/h3-23,39-40H,1-2H3;7-17H,1-6H3. The van der Waals surface area contributed by atoms with Gasteiger partial charge in [0.15, 0.2) is 11.2 Å². The monoisotopic (exact) mass is 1020 g/mol. The minimum absolute atomic E-state index is 0.289. The average Bonchev–Trinajstić information content (AvgIpc) is 3.59. The van der Waals surface area contributed by atoms with Crippen molar-refractivity contribution in [1.82, 2.24) is 19.1 Å². The lowest BCUT2D eigenvalue weighted by atomic mass is 9.75. The van der Waals surface area contributed by atoms with E-state index in [9.17, 15) is 9.59 Å². The molecule has 0 spiro atoms.